The van der Waals surface area contributed by atoms with E-state index in [1.807, 2.05) is 19.1 Å². The van der Waals surface area contributed by atoms with Crippen LogP contribution in [0.5, 0.6) is 0 Å². The zero-order valence-corrected chi connectivity index (χ0v) is 11.8. The van der Waals surface area contributed by atoms with E-state index in [0.29, 0.717) is 22.6 Å². The Morgan fingerprint density at radius 2 is 1.84 bits per heavy atom. The van der Waals surface area contributed by atoms with Crippen molar-refractivity contribution in [3.8, 4) is 0 Å². The fourth-order valence-corrected chi connectivity index (χ4v) is 2.13. The summed E-state index contributed by atoms with van der Waals surface area (Å²) in [4.78, 5) is 0. The van der Waals surface area contributed by atoms with Crippen molar-refractivity contribution in [3.63, 3.8) is 0 Å². The first-order valence-corrected chi connectivity index (χ1v) is 6.61. The van der Waals surface area contributed by atoms with Crippen molar-refractivity contribution in [2.24, 2.45) is 0 Å². The predicted octanol–water partition coefficient (Wildman–Crippen LogP) is 4.72. The van der Waals surface area contributed by atoms with Crippen LogP contribution < -0.4 is 0 Å². The molecule has 0 bridgehead atoms. The van der Waals surface area contributed by atoms with E-state index < -0.39 is 11.9 Å². The molecule has 1 N–H and O–H groups in total. The van der Waals surface area contributed by atoms with Crippen molar-refractivity contribution in [3.05, 3.63) is 69.0 Å². The molecule has 0 aliphatic carbocycles. The van der Waals surface area contributed by atoms with Crippen molar-refractivity contribution in [2.75, 3.05) is 0 Å². The minimum Gasteiger partial charge on any atom is -0.388 e. The zero-order valence-electron chi connectivity index (χ0n) is 10.3. The first-order chi connectivity index (χ1) is 8.97. The van der Waals surface area contributed by atoms with Crippen molar-refractivity contribution in [2.45, 2.75) is 19.4 Å². The van der Waals surface area contributed by atoms with Gasteiger partial charge < -0.3 is 5.11 Å². The first kappa shape index (κ1) is 14.3. The molecule has 0 saturated heterocycles. The summed E-state index contributed by atoms with van der Waals surface area (Å²) < 4.78 is 13.3. The lowest BCUT2D eigenvalue weighted by atomic mass is 10.0. The molecule has 0 radical (unpaired) electrons. The molecule has 100 valence electrons. The lowest BCUT2D eigenvalue weighted by molar-refractivity contribution is 0.178. The molecule has 0 spiro atoms. The highest BCUT2D eigenvalue weighted by molar-refractivity contribution is 6.31. The van der Waals surface area contributed by atoms with E-state index in [1.54, 1.807) is 12.1 Å². The van der Waals surface area contributed by atoms with Crippen LogP contribution in [-0.2, 0) is 6.42 Å². The van der Waals surface area contributed by atoms with E-state index in [9.17, 15) is 9.50 Å². The predicted molar refractivity (Wildman–Crippen MR) is 76.3 cm³/mol. The van der Waals surface area contributed by atoms with Crippen LogP contribution in [0.1, 0.15) is 22.8 Å². The highest BCUT2D eigenvalue weighted by Crippen LogP contribution is 2.25. The average molecular weight is 299 g/mol. The summed E-state index contributed by atoms with van der Waals surface area (Å²) in [5, 5.41) is 10.8. The number of aliphatic hydroxyl groups excluding tert-OH is 1. The standard InChI is InChI=1S/C15H13Cl2FO/c1-9-2-4-11(8-13(9)17)15(19)7-10-3-5-12(16)14(18)6-10/h2-6,8,15,19H,7H2,1H3. The maximum Gasteiger partial charge on any atom is 0.142 e. The number of hydrogen-bond donors (Lipinski definition) is 1. The Balaban J connectivity index is 2.17. The molecule has 0 aliphatic rings. The van der Waals surface area contributed by atoms with Crippen LogP contribution in [0.2, 0.25) is 10.0 Å². The molecular formula is C15H13Cl2FO. The molecule has 19 heavy (non-hydrogen) atoms. The number of aryl methyl sites for hydroxylation is 1. The van der Waals surface area contributed by atoms with Gasteiger partial charge in [-0.1, -0.05) is 41.4 Å². The third kappa shape index (κ3) is 3.47. The number of rotatable bonds is 3. The summed E-state index contributed by atoms with van der Waals surface area (Å²) in [5.41, 5.74) is 2.35. The Morgan fingerprint density at radius 1 is 1.11 bits per heavy atom. The monoisotopic (exact) mass is 298 g/mol. The Bertz CT molecular complexity index is 599. The van der Waals surface area contributed by atoms with Crippen LogP contribution in [0.15, 0.2) is 36.4 Å². The Morgan fingerprint density at radius 3 is 2.47 bits per heavy atom. The highest BCUT2D eigenvalue weighted by Gasteiger charge is 2.11. The molecule has 0 fully saturated rings. The minimum atomic E-state index is -0.723. The van der Waals surface area contributed by atoms with Gasteiger partial charge >= 0.3 is 0 Å². The molecule has 4 heteroatoms. The third-order valence-corrected chi connectivity index (χ3v) is 3.71. The highest BCUT2D eigenvalue weighted by atomic mass is 35.5. The normalized spacial score (nSPS) is 12.5. The van der Waals surface area contributed by atoms with Gasteiger partial charge in [-0.2, -0.15) is 0 Å². The molecule has 0 amide bonds. The second-order valence-electron chi connectivity index (χ2n) is 4.48. The molecule has 1 unspecified atom stereocenters. The summed E-state index contributed by atoms with van der Waals surface area (Å²) >= 11 is 11.6. The number of benzene rings is 2. The molecule has 2 aromatic rings. The smallest absolute Gasteiger partial charge is 0.142 e. The first-order valence-electron chi connectivity index (χ1n) is 5.85. The van der Waals surface area contributed by atoms with Crippen molar-refractivity contribution >= 4 is 23.2 Å². The molecule has 0 heterocycles. The number of halogens is 3. The fourth-order valence-electron chi connectivity index (χ4n) is 1.82. The lowest BCUT2D eigenvalue weighted by Crippen LogP contribution is -2.02. The van der Waals surface area contributed by atoms with Gasteiger partial charge in [0, 0.05) is 11.4 Å². The fraction of sp³-hybridized carbons (Fsp3) is 0.200. The molecule has 1 nitrogen and oxygen atoms in total. The molecule has 2 aromatic carbocycles. The van der Waals surface area contributed by atoms with E-state index in [0.717, 1.165) is 5.56 Å². The molecule has 0 saturated carbocycles. The summed E-state index contributed by atoms with van der Waals surface area (Å²) in [5.74, 6) is -0.478. The molecule has 1 atom stereocenters. The van der Waals surface area contributed by atoms with Crippen molar-refractivity contribution in [1.29, 1.82) is 0 Å². The van der Waals surface area contributed by atoms with Crippen LogP contribution in [0, 0.1) is 12.7 Å². The maximum absolute atomic E-state index is 13.3. The summed E-state index contributed by atoms with van der Waals surface area (Å²) in [6, 6.07) is 9.92. The molecular weight excluding hydrogens is 286 g/mol. The van der Waals surface area contributed by atoms with E-state index in [-0.39, 0.29) is 5.02 Å². The molecule has 2 rings (SSSR count). The van der Waals surface area contributed by atoms with Gasteiger partial charge in [0.05, 0.1) is 11.1 Å². The van der Waals surface area contributed by atoms with Crippen LogP contribution in [0.3, 0.4) is 0 Å². The molecule has 0 aliphatic heterocycles. The quantitative estimate of drug-likeness (QED) is 0.869. The summed E-state index contributed by atoms with van der Waals surface area (Å²) in [7, 11) is 0. The maximum atomic E-state index is 13.3. The lowest BCUT2D eigenvalue weighted by Gasteiger charge is -2.12. The van der Waals surface area contributed by atoms with E-state index in [2.05, 4.69) is 0 Å². The van der Waals surface area contributed by atoms with Gasteiger partial charge in [0.1, 0.15) is 5.82 Å². The van der Waals surface area contributed by atoms with Gasteiger partial charge in [0.25, 0.3) is 0 Å². The van der Waals surface area contributed by atoms with Crippen LogP contribution in [0.4, 0.5) is 4.39 Å². The van der Waals surface area contributed by atoms with Gasteiger partial charge in [-0.25, -0.2) is 4.39 Å². The van der Waals surface area contributed by atoms with Gasteiger partial charge in [0.15, 0.2) is 0 Å². The number of aliphatic hydroxyl groups is 1. The number of hydrogen-bond acceptors (Lipinski definition) is 1. The second kappa shape index (κ2) is 5.91. The average Bonchev–Trinajstić information content (AvgIpc) is 2.37. The van der Waals surface area contributed by atoms with Crippen molar-refractivity contribution in [1.82, 2.24) is 0 Å². The van der Waals surface area contributed by atoms with Crippen LogP contribution in [0.25, 0.3) is 0 Å². The van der Waals surface area contributed by atoms with Gasteiger partial charge in [-0.15, -0.1) is 0 Å². The van der Waals surface area contributed by atoms with Gasteiger partial charge in [-0.3, -0.25) is 0 Å². The van der Waals surface area contributed by atoms with Crippen LogP contribution in [-0.4, -0.2) is 5.11 Å². The SMILES string of the molecule is Cc1ccc(C(O)Cc2ccc(Cl)c(F)c2)cc1Cl. The Labute approximate surface area is 121 Å². The van der Waals surface area contributed by atoms with E-state index in [1.165, 1.54) is 12.1 Å². The van der Waals surface area contributed by atoms with Crippen LogP contribution >= 0.6 is 23.2 Å². The largest absolute Gasteiger partial charge is 0.388 e. The van der Waals surface area contributed by atoms with Gasteiger partial charge in [-0.05, 0) is 41.8 Å². The third-order valence-electron chi connectivity index (χ3n) is 2.99. The topological polar surface area (TPSA) is 20.2 Å². The Hall–Kier alpha value is -1.09. The van der Waals surface area contributed by atoms with Gasteiger partial charge in [0.2, 0.25) is 0 Å². The van der Waals surface area contributed by atoms with Crippen molar-refractivity contribution < 1.29 is 9.50 Å². The van der Waals surface area contributed by atoms with E-state index in [4.69, 9.17) is 23.2 Å². The molecule has 0 aromatic heterocycles. The second-order valence-corrected chi connectivity index (χ2v) is 5.29. The summed E-state index contributed by atoms with van der Waals surface area (Å²) in [6.07, 6.45) is -0.410. The Kier molecular flexibility index (Phi) is 4.46. The zero-order chi connectivity index (χ0) is 14.0. The summed E-state index contributed by atoms with van der Waals surface area (Å²) in [6.45, 7) is 1.90. The minimum absolute atomic E-state index is 0.0802. The van der Waals surface area contributed by atoms with E-state index >= 15 is 0 Å².